The van der Waals surface area contributed by atoms with E-state index >= 15 is 0 Å². The molecule has 0 radical (unpaired) electrons. The van der Waals surface area contributed by atoms with Gasteiger partial charge in [0.1, 0.15) is 5.76 Å². The van der Waals surface area contributed by atoms with Gasteiger partial charge >= 0.3 is 0 Å². The summed E-state index contributed by atoms with van der Waals surface area (Å²) in [7, 11) is 0. The molecule has 90 valence electrons. The van der Waals surface area contributed by atoms with E-state index in [0.29, 0.717) is 18.3 Å². The van der Waals surface area contributed by atoms with Gasteiger partial charge in [-0.25, -0.2) is 0 Å². The second kappa shape index (κ2) is 6.60. The number of nitrogens with two attached hydrogens (primary N) is 1. The van der Waals surface area contributed by atoms with Gasteiger partial charge in [-0.1, -0.05) is 6.92 Å². The molecule has 0 aliphatic rings. The number of thioether (sulfide) groups is 1. The minimum absolute atomic E-state index is 0.0155. The van der Waals surface area contributed by atoms with E-state index in [1.165, 1.54) is 0 Å². The van der Waals surface area contributed by atoms with E-state index in [0.717, 1.165) is 5.76 Å². The third-order valence-electron chi connectivity index (χ3n) is 2.15. The number of amides is 1. The average Bonchev–Trinajstić information content (AvgIpc) is 2.78. The molecule has 1 heterocycles. The third kappa shape index (κ3) is 4.28. The first kappa shape index (κ1) is 13.1. The van der Waals surface area contributed by atoms with Crippen LogP contribution in [-0.4, -0.2) is 23.0 Å². The molecule has 0 aliphatic carbocycles. The topological polar surface area (TPSA) is 68.3 Å². The molecule has 1 rings (SSSR count). The second-order valence-electron chi connectivity index (χ2n) is 3.62. The third-order valence-corrected chi connectivity index (χ3v) is 3.43. The fourth-order valence-electron chi connectivity index (χ4n) is 1.20. The Kier molecular flexibility index (Phi) is 5.42. The maximum absolute atomic E-state index is 11.7. The molecule has 1 aromatic heterocycles. The maximum atomic E-state index is 11.7. The van der Waals surface area contributed by atoms with Crippen molar-refractivity contribution in [3.63, 3.8) is 0 Å². The molecule has 0 fully saturated rings. The largest absolute Gasteiger partial charge is 0.467 e. The first-order valence-corrected chi connectivity index (χ1v) is 6.23. The van der Waals surface area contributed by atoms with Crippen LogP contribution in [0, 0.1) is 0 Å². The lowest BCUT2D eigenvalue weighted by molar-refractivity contribution is -0.120. The molecule has 0 saturated heterocycles. The van der Waals surface area contributed by atoms with Crippen molar-refractivity contribution in [2.75, 3.05) is 6.54 Å². The van der Waals surface area contributed by atoms with E-state index in [9.17, 15) is 4.79 Å². The Morgan fingerprint density at radius 2 is 2.38 bits per heavy atom. The summed E-state index contributed by atoms with van der Waals surface area (Å²) in [6.07, 6.45) is 1.59. The first-order chi connectivity index (χ1) is 7.63. The van der Waals surface area contributed by atoms with Crippen LogP contribution in [0.1, 0.15) is 19.6 Å². The van der Waals surface area contributed by atoms with Crippen LogP contribution in [0.3, 0.4) is 0 Å². The van der Waals surface area contributed by atoms with Crippen molar-refractivity contribution in [1.29, 1.82) is 0 Å². The zero-order valence-corrected chi connectivity index (χ0v) is 10.4. The monoisotopic (exact) mass is 242 g/mol. The maximum Gasteiger partial charge on any atom is 0.233 e. The summed E-state index contributed by atoms with van der Waals surface area (Å²) >= 11 is 1.58. The molecular weight excluding hydrogens is 224 g/mol. The Morgan fingerprint density at radius 1 is 1.62 bits per heavy atom. The van der Waals surface area contributed by atoms with Crippen LogP contribution in [0.2, 0.25) is 0 Å². The van der Waals surface area contributed by atoms with Gasteiger partial charge in [0.2, 0.25) is 5.91 Å². The molecule has 0 aromatic carbocycles. The molecule has 1 aromatic rings. The van der Waals surface area contributed by atoms with E-state index in [1.54, 1.807) is 24.1 Å². The molecule has 0 spiro atoms. The molecule has 2 unspecified atom stereocenters. The van der Waals surface area contributed by atoms with Gasteiger partial charge in [-0.3, -0.25) is 4.79 Å². The number of hydrogen-bond donors (Lipinski definition) is 2. The highest BCUT2D eigenvalue weighted by Gasteiger charge is 2.15. The Hall–Kier alpha value is -0.940. The van der Waals surface area contributed by atoms with Crippen LogP contribution in [0.25, 0.3) is 0 Å². The number of nitrogens with one attached hydrogen (secondary N) is 1. The smallest absolute Gasteiger partial charge is 0.233 e. The average molecular weight is 242 g/mol. The van der Waals surface area contributed by atoms with Crippen LogP contribution < -0.4 is 11.1 Å². The Balaban J connectivity index is 2.29. The van der Waals surface area contributed by atoms with Crippen molar-refractivity contribution < 1.29 is 9.21 Å². The molecule has 2 atom stereocenters. The van der Waals surface area contributed by atoms with Crippen LogP contribution in [0.4, 0.5) is 0 Å². The highest BCUT2D eigenvalue weighted by molar-refractivity contribution is 8.01. The lowest BCUT2D eigenvalue weighted by atomic mass is 10.4. The molecule has 4 nitrogen and oxygen atoms in total. The molecule has 0 aliphatic heterocycles. The Morgan fingerprint density at radius 3 is 2.94 bits per heavy atom. The van der Waals surface area contributed by atoms with Gasteiger partial charge in [0, 0.05) is 11.8 Å². The number of carbonyl (C=O) groups is 1. The summed E-state index contributed by atoms with van der Waals surface area (Å²) in [6.45, 7) is 4.92. The first-order valence-electron chi connectivity index (χ1n) is 5.29. The molecule has 0 saturated carbocycles. The minimum Gasteiger partial charge on any atom is -0.467 e. The summed E-state index contributed by atoms with van der Waals surface area (Å²) in [5, 5.41) is 3.03. The number of furan rings is 1. The Labute approximate surface area is 100.0 Å². The van der Waals surface area contributed by atoms with Crippen LogP contribution in [0.15, 0.2) is 22.8 Å². The molecule has 5 heteroatoms. The van der Waals surface area contributed by atoms with E-state index < -0.39 is 0 Å². The zero-order chi connectivity index (χ0) is 12.0. The Bertz CT molecular complexity index is 314. The van der Waals surface area contributed by atoms with Gasteiger partial charge in [-0.2, -0.15) is 0 Å². The highest BCUT2D eigenvalue weighted by Crippen LogP contribution is 2.16. The quantitative estimate of drug-likeness (QED) is 0.790. The zero-order valence-electron chi connectivity index (χ0n) is 9.60. The second-order valence-corrected chi connectivity index (χ2v) is 5.41. The summed E-state index contributed by atoms with van der Waals surface area (Å²) in [5.41, 5.74) is 5.50. The molecule has 0 bridgehead atoms. The fourth-order valence-corrected chi connectivity index (χ4v) is 2.21. The molecule has 16 heavy (non-hydrogen) atoms. The summed E-state index contributed by atoms with van der Waals surface area (Å²) in [4.78, 5) is 11.7. The van der Waals surface area contributed by atoms with Gasteiger partial charge in [0.15, 0.2) is 0 Å². The van der Waals surface area contributed by atoms with Crippen molar-refractivity contribution in [2.24, 2.45) is 5.73 Å². The minimum atomic E-state index is -0.0893. The predicted molar refractivity (Wildman–Crippen MR) is 66.1 cm³/mol. The standard InChI is InChI=1S/C11H18N2O2S/c1-8(6-12)16-9(2)11(14)13-7-10-4-3-5-15-10/h3-5,8-9H,6-7,12H2,1-2H3,(H,13,14). The van der Waals surface area contributed by atoms with Crippen LogP contribution in [0.5, 0.6) is 0 Å². The van der Waals surface area contributed by atoms with E-state index in [-0.39, 0.29) is 11.2 Å². The highest BCUT2D eigenvalue weighted by atomic mass is 32.2. The van der Waals surface area contributed by atoms with Gasteiger partial charge in [0.25, 0.3) is 0 Å². The molecular formula is C11H18N2O2S. The van der Waals surface area contributed by atoms with E-state index in [1.807, 2.05) is 19.9 Å². The van der Waals surface area contributed by atoms with E-state index in [2.05, 4.69) is 5.32 Å². The summed E-state index contributed by atoms with van der Waals surface area (Å²) < 4.78 is 5.12. The van der Waals surface area contributed by atoms with Crippen molar-refractivity contribution in [1.82, 2.24) is 5.32 Å². The predicted octanol–water partition coefficient (Wildman–Crippen LogP) is 1.36. The summed E-state index contributed by atoms with van der Waals surface area (Å²) in [5.74, 6) is 0.777. The molecule has 3 N–H and O–H groups in total. The van der Waals surface area contributed by atoms with Crippen molar-refractivity contribution in [2.45, 2.75) is 30.9 Å². The fraction of sp³-hybridized carbons (Fsp3) is 0.545. The normalized spacial score (nSPS) is 14.4. The number of hydrogen-bond acceptors (Lipinski definition) is 4. The van der Waals surface area contributed by atoms with Gasteiger partial charge in [-0.15, -0.1) is 11.8 Å². The lowest BCUT2D eigenvalue weighted by Crippen LogP contribution is -2.32. The van der Waals surface area contributed by atoms with Gasteiger partial charge in [0.05, 0.1) is 18.1 Å². The molecule has 1 amide bonds. The van der Waals surface area contributed by atoms with Crippen molar-refractivity contribution in [3.05, 3.63) is 24.2 Å². The lowest BCUT2D eigenvalue weighted by Gasteiger charge is -2.15. The SMILES string of the molecule is CC(CN)SC(C)C(=O)NCc1ccco1. The van der Waals surface area contributed by atoms with Crippen LogP contribution in [-0.2, 0) is 11.3 Å². The van der Waals surface area contributed by atoms with Gasteiger partial charge in [-0.05, 0) is 19.1 Å². The van der Waals surface area contributed by atoms with Crippen molar-refractivity contribution in [3.8, 4) is 0 Å². The summed E-state index contributed by atoms with van der Waals surface area (Å²) in [6, 6.07) is 3.64. The van der Waals surface area contributed by atoms with Gasteiger partial charge < -0.3 is 15.5 Å². The van der Waals surface area contributed by atoms with E-state index in [4.69, 9.17) is 10.2 Å². The van der Waals surface area contributed by atoms with Crippen molar-refractivity contribution >= 4 is 17.7 Å². The number of carbonyl (C=O) groups excluding carboxylic acids is 1. The van der Waals surface area contributed by atoms with Crippen LogP contribution >= 0.6 is 11.8 Å². The number of rotatable bonds is 6.